The molecule has 1 aliphatic rings. The summed E-state index contributed by atoms with van der Waals surface area (Å²) in [6, 6.07) is 19.3. The minimum atomic E-state index is -0.401. The molecule has 3 rings (SSSR count). The number of rotatable bonds is 6. The minimum Gasteiger partial charge on any atom is -0.354 e. The SMILES string of the molecule is CC(CCNC(=O)C1CCC(=O)N1c1ccccc1)c1ccccc1. The van der Waals surface area contributed by atoms with Crippen molar-refractivity contribution >= 4 is 17.5 Å². The van der Waals surface area contributed by atoms with Crippen molar-refractivity contribution in [3.05, 3.63) is 66.2 Å². The molecule has 0 saturated carbocycles. The second-order valence-electron chi connectivity index (χ2n) is 6.55. The number of hydrogen-bond acceptors (Lipinski definition) is 2. The molecule has 2 unspecified atom stereocenters. The molecule has 25 heavy (non-hydrogen) atoms. The van der Waals surface area contributed by atoms with Gasteiger partial charge in [-0.05, 0) is 36.5 Å². The van der Waals surface area contributed by atoms with Gasteiger partial charge in [0.1, 0.15) is 6.04 Å². The summed E-state index contributed by atoms with van der Waals surface area (Å²) in [6.07, 6.45) is 1.88. The monoisotopic (exact) mass is 336 g/mol. The third-order valence-corrected chi connectivity index (χ3v) is 4.79. The van der Waals surface area contributed by atoms with Crippen LogP contribution < -0.4 is 10.2 Å². The molecule has 0 aliphatic carbocycles. The van der Waals surface area contributed by atoms with Crippen LogP contribution in [0.4, 0.5) is 5.69 Å². The van der Waals surface area contributed by atoms with Crippen molar-refractivity contribution in [2.45, 2.75) is 38.1 Å². The van der Waals surface area contributed by atoms with E-state index in [0.717, 1.165) is 12.1 Å². The van der Waals surface area contributed by atoms with E-state index in [9.17, 15) is 9.59 Å². The number of nitrogens with zero attached hydrogens (tertiary/aromatic N) is 1. The Morgan fingerprint density at radius 2 is 1.76 bits per heavy atom. The number of hydrogen-bond donors (Lipinski definition) is 1. The number of carbonyl (C=O) groups excluding carboxylic acids is 2. The number of anilines is 1. The third kappa shape index (κ3) is 4.08. The Labute approximate surface area is 148 Å². The molecule has 2 amide bonds. The molecule has 4 heteroatoms. The van der Waals surface area contributed by atoms with Gasteiger partial charge in [-0.1, -0.05) is 55.5 Å². The summed E-state index contributed by atoms with van der Waals surface area (Å²) >= 11 is 0. The molecule has 1 aliphatic heterocycles. The smallest absolute Gasteiger partial charge is 0.243 e. The fraction of sp³-hybridized carbons (Fsp3) is 0.333. The van der Waals surface area contributed by atoms with Crippen LogP contribution in [0.15, 0.2) is 60.7 Å². The predicted octanol–water partition coefficient (Wildman–Crippen LogP) is 3.49. The van der Waals surface area contributed by atoms with Gasteiger partial charge in [0.05, 0.1) is 0 Å². The normalized spacial score (nSPS) is 18.2. The third-order valence-electron chi connectivity index (χ3n) is 4.79. The first-order valence-corrected chi connectivity index (χ1v) is 8.86. The lowest BCUT2D eigenvalue weighted by Gasteiger charge is -2.24. The van der Waals surface area contributed by atoms with E-state index < -0.39 is 6.04 Å². The molecule has 0 aromatic heterocycles. The van der Waals surface area contributed by atoms with Gasteiger partial charge in [-0.25, -0.2) is 0 Å². The molecule has 130 valence electrons. The zero-order valence-electron chi connectivity index (χ0n) is 14.5. The lowest BCUT2D eigenvalue weighted by atomic mass is 9.98. The Kier molecular flexibility index (Phi) is 5.49. The van der Waals surface area contributed by atoms with Crippen LogP contribution in [0.2, 0.25) is 0 Å². The quantitative estimate of drug-likeness (QED) is 0.878. The second-order valence-corrected chi connectivity index (χ2v) is 6.55. The maximum Gasteiger partial charge on any atom is 0.243 e. The highest BCUT2D eigenvalue weighted by Crippen LogP contribution is 2.26. The average Bonchev–Trinajstić information content (AvgIpc) is 3.04. The summed E-state index contributed by atoms with van der Waals surface area (Å²) in [5.41, 5.74) is 2.07. The molecule has 2 aromatic carbocycles. The van der Waals surface area contributed by atoms with Crippen LogP contribution in [-0.4, -0.2) is 24.4 Å². The first-order valence-electron chi connectivity index (χ1n) is 8.86. The van der Waals surface area contributed by atoms with Crippen LogP contribution >= 0.6 is 0 Å². The highest BCUT2D eigenvalue weighted by molar-refractivity contribution is 6.03. The molecule has 2 aromatic rings. The van der Waals surface area contributed by atoms with E-state index in [2.05, 4.69) is 24.4 Å². The molecule has 4 nitrogen and oxygen atoms in total. The van der Waals surface area contributed by atoms with Crippen molar-refractivity contribution in [1.82, 2.24) is 5.32 Å². The Hall–Kier alpha value is -2.62. The molecule has 0 bridgehead atoms. The summed E-state index contributed by atoms with van der Waals surface area (Å²) in [7, 11) is 0. The number of carbonyl (C=O) groups is 2. The fourth-order valence-electron chi connectivity index (χ4n) is 3.32. The molecule has 0 radical (unpaired) electrons. The van der Waals surface area contributed by atoms with Gasteiger partial charge < -0.3 is 5.32 Å². The van der Waals surface area contributed by atoms with E-state index >= 15 is 0 Å². The van der Waals surface area contributed by atoms with Crippen LogP contribution in [-0.2, 0) is 9.59 Å². The van der Waals surface area contributed by atoms with E-state index in [1.54, 1.807) is 4.90 Å². The van der Waals surface area contributed by atoms with Crippen molar-refractivity contribution in [2.75, 3.05) is 11.4 Å². The number of benzene rings is 2. The van der Waals surface area contributed by atoms with Crippen LogP contribution in [0.3, 0.4) is 0 Å². The molecular formula is C21H24N2O2. The first-order chi connectivity index (χ1) is 12.2. The van der Waals surface area contributed by atoms with Gasteiger partial charge in [0, 0.05) is 18.7 Å². The van der Waals surface area contributed by atoms with Crippen LogP contribution in [0.1, 0.15) is 37.7 Å². The summed E-state index contributed by atoms with van der Waals surface area (Å²) in [4.78, 5) is 26.4. The van der Waals surface area contributed by atoms with Gasteiger partial charge in [0.2, 0.25) is 11.8 Å². The van der Waals surface area contributed by atoms with Crippen molar-refractivity contribution in [3.63, 3.8) is 0 Å². The largest absolute Gasteiger partial charge is 0.354 e. The van der Waals surface area contributed by atoms with E-state index in [-0.39, 0.29) is 11.8 Å². The van der Waals surface area contributed by atoms with E-state index in [4.69, 9.17) is 0 Å². The molecule has 0 spiro atoms. The zero-order chi connectivity index (χ0) is 17.6. The van der Waals surface area contributed by atoms with Crippen molar-refractivity contribution in [1.29, 1.82) is 0 Å². The second kappa shape index (κ2) is 7.97. The van der Waals surface area contributed by atoms with Crippen LogP contribution in [0, 0.1) is 0 Å². The van der Waals surface area contributed by atoms with Gasteiger partial charge in [-0.15, -0.1) is 0 Å². The van der Waals surface area contributed by atoms with Crippen molar-refractivity contribution in [3.8, 4) is 0 Å². The molecule has 2 atom stereocenters. The lowest BCUT2D eigenvalue weighted by molar-refractivity contribution is -0.123. The van der Waals surface area contributed by atoms with Crippen molar-refractivity contribution in [2.24, 2.45) is 0 Å². The highest BCUT2D eigenvalue weighted by atomic mass is 16.2. The Bertz CT molecular complexity index is 715. The predicted molar refractivity (Wildman–Crippen MR) is 99.4 cm³/mol. The van der Waals surface area contributed by atoms with Gasteiger partial charge in [-0.3, -0.25) is 14.5 Å². The highest BCUT2D eigenvalue weighted by Gasteiger charge is 2.36. The Morgan fingerprint density at radius 3 is 2.44 bits per heavy atom. The fourth-order valence-corrected chi connectivity index (χ4v) is 3.32. The Balaban J connectivity index is 1.56. The van der Waals surface area contributed by atoms with E-state index in [0.29, 0.717) is 25.3 Å². The first kappa shape index (κ1) is 17.2. The van der Waals surface area contributed by atoms with Gasteiger partial charge in [-0.2, -0.15) is 0 Å². The van der Waals surface area contributed by atoms with E-state index in [1.807, 2.05) is 48.5 Å². The molecule has 1 fully saturated rings. The number of amides is 2. The maximum atomic E-state index is 12.6. The Morgan fingerprint density at radius 1 is 1.12 bits per heavy atom. The number of para-hydroxylation sites is 1. The summed E-state index contributed by atoms with van der Waals surface area (Å²) in [5.74, 6) is 0.343. The summed E-state index contributed by atoms with van der Waals surface area (Å²) in [6.45, 7) is 2.78. The molecule has 1 saturated heterocycles. The van der Waals surface area contributed by atoms with E-state index in [1.165, 1.54) is 5.56 Å². The van der Waals surface area contributed by atoms with Crippen molar-refractivity contribution < 1.29 is 9.59 Å². The zero-order valence-corrected chi connectivity index (χ0v) is 14.5. The van der Waals surface area contributed by atoms with Gasteiger partial charge in [0.15, 0.2) is 0 Å². The maximum absolute atomic E-state index is 12.6. The molecule has 1 heterocycles. The average molecular weight is 336 g/mol. The summed E-state index contributed by atoms with van der Waals surface area (Å²) in [5, 5.41) is 3.01. The van der Waals surface area contributed by atoms with Gasteiger partial charge >= 0.3 is 0 Å². The standard InChI is InChI=1S/C21H24N2O2/c1-16(17-8-4-2-5-9-17)14-15-22-21(25)19-12-13-20(24)23(19)18-10-6-3-7-11-18/h2-11,16,19H,12-15H2,1H3,(H,22,25). The van der Waals surface area contributed by atoms with Crippen LogP contribution in [0.5, 0.6) is 0 Å². The lowest BCUT2D eigenvalue weighted by Crippen LogP contribution is -2.45. The van der Waals surface area contributed by atoms with Crippen LogP contribution in [0.25, 0.3) is 0 Å². The molecular weight excluding hydrogens is 312 g/mol. The minimum absolute atomic E-state index is 0.0176. The number of nitrogens with one attached hydrogen (secondary N) is 1. The summed E-state index contributed by atoms with van der Waals surface area (Å²) < 4.78 is 0. The van der Waals surface area contributed by atoms with Gasteiger partial charge in [0.25, 0.3) is 0 Å². The molecule has 1 N–H and O–H groups in total. The topological polar surface area (TPSA) is 49.4 Å².